The summed E-state index contributed by atoms with van der Waals surface area (Å²) < 4.78 is 21.8. The van der Waals surface area contributed by atoms with Crippen LogP contribution in [0.4, 0.5) is 4.79 Å². The summed E-state index contributed by atoms with van der Waals surface area (Å²) >= 11 is 0. The molecule has 5 aliphatic rings. The first-order chi connectivity index (χ1) is 22.4. The van der Waals surface area contributed by atoms with Crippen molar-refractivity contribution in [3.05, 3.63) is 0 Å². The van der Waals surface area contributed by atoms with Gasteiger partial charge in [0, 0.05) is 18.3 Å². The summed E-state index contributed by atoms with van der Waals surface area (Å²) in [6, 6.07) is -3.30. The molecule has 0 aromatic rings. The van der Waals surface area contributed by atoms with E-state index in [0.29, 0.717) is 50.8 Å². The zero-order valence-electron chi connectivity index (χ0n) is 29.7. The van der Waals surface area contributed by atoms with Crippen LogP contribution >= 0.6 is 10.6 Å². The lowest BCUT2D eigenvalue weighted by Crippen LogP contribution is -2.65. The fourth-order valence-electron chi connectivity index (χ4n) is 8.76. The molecule has 0 spiro atoms. The van der Waals surface area contributed by atoms with Crippen LogP contribution < -0.4 is 21.3 Å². The number of carbonyl (C=O) groups excluding carboxylic acids is 5. The van der Waals surface area contributed by atoms with Crippen molar-refractivity contribution >= 4 is 40.1 Å². The molecular weight excluding hydrogens is 634 g/mol. The number of ketones is 1. The fourth-order valence-corrected chi connectivity index (χ4v) is 11.2. The van der Waals surface area contributed by atoms with Crippen molar-refractivity contribution in [3.63, 3.8) is 0 Å². The first-order valence-electron chi connectivity index (χ1n) is 18.2. The fraction of sp³-hybridized carbons (Fsp3) is 0.857. The Balaban J connectivity index is 1.34. The van der Waals surface area contributed by atoms with Crippen LogP contribution in [0.3, 0.4) is 0 Å². The molecule has 12 nitrogen and oxygen atoms in total. The first-order valence-corrected chi connectivity index (χ1v) is 20.0. The lowest BCUT2D eigenvalue weighted by atomic mass is 9.78. The van der Waals surface area contributed by atoms with Crippen LogP contribution in [0.25, 0.3) is 0 Å². The number of nitrogens with zero attached hydrogens (tertiary/aromatic N) is 1. The van der Waals surface area contributed by atoms with Gasteiger partial charge < -0.3 is 26.2 Å². The SMILES string of the molecule is CCCC[C@H](NC(=O)[C@@H]1[C@@H]2[C@H](CN1C(=O)[C@@H](NC(=O)NC1([C@H]3CCCS3(O)O)CCCCC1)C(C)(C)C)C2(C)C)C(=O)C(=O)NC1CC1. The summed E-state index contributed by atoms with van der Waals surface area (Å²) in [6.07, 6.45) is 8.87. The van der Waals surface area contributed by atoms with E-state index in [1.54, 1.807) is 4.90 Å². The maximum absolute atomic E-state index is 14.5. The normalized spacial score (nSPS) is 30.3. The Morgan fingerprint density at radius 3 is 2.19 bits per heavy atom. The van der Waals surface area contributed by atoms with Gasteiger partial charge in [0.1, 0.15) is 12.1 Å². The average molecular weight is 694 g/mol. The molecular formula is C35H59N5O7S. The van der Waals surface area contributed by atoms with Gasteiger partial charge in [-0.2, -0.15) is 10.6 Å². The lowest BCUT2D eigenvalue weighted by Gasteiger charge is -2.49. The van der Waals surface area contributed by atoms with Gasteiger partial charge in [-0.25, -0.2) is 4.79 Å². The minimum absolute atomic E-state index is 0.0150. The van der Waals surface area contributed by atoms with E-state index < -0.39 is 68.5 Å². The van der Waals surface area contributed by atoms with Gasteiger partial charge in [0.2, 0.25) is 17.6 Å². The quantitative estimate of drug-likeness (QED) is 0.165. The van der Waals surface area contributed by atoms with Gasteiger partial charge in [0.25, 0.3) is 5.91 Å². The van der Waals surface area contributed by atoms with Gasteiger partial charge in [0.15, 0.2) is 0 Å². The molecule has 48 heavy (non-hydrogen) atoms. The molecule has 3 aliphatic carbocycles. The van der Waals surface area contributed by atoms with Crippen molar-refractivity contribution in [2.24, 2.45) is 22.7 Å². The Labute approximate surface area is 287 Å². The lowest BCUT2D eigenvalue weighted by molar-refractivity contribution is -0.145. The molecule has 5 rings (SSSR count). The second kappa shape index (κ2) is 13.7. The summed E-state index contributed by atoms with van der Waals surface area (Å²) in [5.74, 6) is -1.83. The maximum Gasteiger partial charge on any atom is 0.315 e. The number of amides is 5. The Morgan fingerprint density at radius 1 is 0.958 bits per heavy atom. The van der Waals surface area contributed by atoms with Crippen molar-refractivity contribution in [2.45, 2.75) is 154 Å². The summed E-state index contributed by atoms with van der Waals surface area (Å²) in [5, 5.41) is 11.3. The number of rotatable bonds is 12. The highest BCUT2D eigenvalue weighted by Crippen LogP contribution is 2.65. The minimum atomic E-state index is -2.85. The summed E-state index contributed by atoms with van der Waals surface area (Å²) in [4.78, 5) is 69.8. The third kappa shape index (κ3) is 7.52. The molecule has 0 radical (unpaired) electrons. The van der Waals surface area contributed by atoms with Gasteiger partial charge in [-0.05, 0) is 67.6 Å². The zero-order valence-corrected chi connectivity index (χ0v) is 30.5. The summed E-state index contributed by atoms with van der Waals surface area (Å²) in [6.45, 7) is 12.1. The highest BCUT2D eigenvalue weighted by Gasteiger charge is 2.70. The van der Waals surface area contributed by atoms with Crippen LogP contribution in [-0.4, -0.2) is 90.8 Å². The van der Waals surface area contributed by atoms with E-state index in [1.165, 1.54) is 0 Å². The van der Waals surface area contributed by atoms with Crippen LogP contribution in [0.1, 0.15) is 119 Å². The first kappa shape index (κ1) is 36.9. The highest BCUT2D eigenvalue weighted by atomic mass is 32.3. The molecule has 2 aliphatic heterocycles. The topological polar surface area (TPSA) is 177 Å². The Hall–Kier alpha value is -2.38. The van der Waals surface area contributed by atoms with Gasteiger partial charge >= 0.3 is 6.03 Å². The van der Waals surface area contributed by atoms with E-state index in [0.717, 1.165) is 38.5 Å². The van der Waals surface area contributed by atoms with Crippen LogP contribution in [0.15, 0.2) is 0 Å². The van der Waals surface area contributed by atoms with E-state index in [4.69, 9.17) is 0 Å². The van der Waals surface area contributed by atoms with E-state index in [2.05, 4.69) is 35.1 Å². The molecule has 5 amide bonds. The van der Waals surface area contributed by atoms with Crippen LogP contribution in [0, 0.1) is 22.7 Å². The predicted octanol–water partition coefficient (Wildman–Crippen LogP) is 4.32. The molecule has 272 valence electrons. The summed E-state index contributed by atoms with van der Waals surface area (Å²) in [7, 11) is -2.85. The number of carbonyl (C=O) groups is 5. The number of Topliss-reactive ketones (excluding diaryl/α,β-unsaturated/α-hetero) is 1. The molecule has 0 bridgehead atoms. The third-order valence-corrected chi connectivity index (χ3v) is 14.3. The largest absolute Gasteiger partial charge is 0.347 e. The molecule has 2 saturated heterocycles. The number of hydrogen-bond donors (Lipinski definition) is 6. The maximum atomic E-state index is 14.5. The van der Waals surface area contributed by atoms with Crippen LogP contribution in [0.2, 0.25) is 0 Å². The van der Waals surface area contributed by atoms with Crippen LogP contribution in [-0.2, 0) is 19.2 Å². The number of nitrogens with one attached hydrogen (secondary N) is 4. The highest BCUT2D eigenvalue weighted by molar-refractivity contribution is 8.25. The van der Waals surface area contributed by atoms with Crippen molar-refractivity contribution in [2.75, 3.05) is 12.3 Å². The van der Waals surface area contributed by atoms with Gasteiger partial charge in [-0.1, -0.05) is 73.6 Å². The molecule has 3 saturated carbocycles. The van der Waals surface area contributed by atoms with Gasteiger partial charge in [-0.3, -0.25) is 28.3 Å². The Bertz CT molecular complexity index is 1270. The van der Waals surface area contributed by atoms with Crippen molar-refractivity contribution in [3.8, 4) is 0 Å². The van der Waals surface area contributed by atoms with Crippen LogP contribution in [0.5, 0.6) is 0 Å². The Kier molecular flexibility index (Phi) is 10.6. The van der Waals surface area contributed by atoms with E-state index in [1.807, 2.05) is 27.7 Å². The zero-order chi connectivity index (χ0) is 35.2. The van der Waals surface area contributed by atoms with Crippen molar-refractivity contribution < 1.29 is 33.1 Å². The molecule has 0 aromatic heterocycles. The van der Waals surface area contributed by atoms with E-state index in [9.17, 15) is 33.1 Å². The molecule has 2 heterocycles. The van der Waals surface area contributed by atoms with Gasteiger partial charge in [0.05, 0.1) is 16.8 Å². The third-order valence-electron chi connectivity index (χ3n) is 11.9. The second-order valence-corrected chi connectivity index (χ2v) is 19.3. The van der Waals surface area contributed by atoms with Crippen molar-refractivity contribution in [1.29, 1.82) is 0 Å². The number of urea groups is 1. The smallest absolute Gasteiger partial charge is 0.315 e. The number of piperidine rings is 1. The monoisotopic (exact) mass is 693 g/mol. The summed E-state index contributed by atoms with van der Waals surface area (Å²) in [5.41, 5.74) is -1.64. The van der Waals surface area contributed by atoms with Crippen molar-refractivity contribution in [1.82, 2.24) is 26.2 Å². The predicted molar refractivity (Wildman–Crippen MR) is 185 cm³/mol. The molecule has 6 atom stereocenters. The molecule has 0 aromatic carbocycles. The average Bonchev–Trinajstić information content (AvgIpc) is 3.79. The van der Waals surface area contributed by atoms with E-state index in [-0.39, 0.29) is 29.2 Å². The van der Waals surface area contributed by atoms with Gasteiger partial charge in [-0.15, -0.1) is 0 Å². The minimum Gasteiger partial charge on any atom is -0.347 e. The Morgan fingerprint density at radius 2 is 1.62 bits per heavy atom. The molecule has 5 fully saturated rings. The molecule has 13 heteroatoms. The number of fused-ring (bicyclic) bond motifs is 1. The van der Waals surface area contributed by atoms with E-state index >= 15 is 0 Å². The number of likely N-dealkylation sites (tertiary alicyclic amines) is 1. The number of hydrogen-bond acceptors (Lipinski definition) is 7. The molecule has 0 unspecified atom stereocenters. The standard InChI is InChI=1S/C35H59N5O7S/c1-7-8-13-23(27(41)30(43)36-21-15-16-21)37-29(42)26-25-22(34(25,5)6)20-40(26)31(44)28(33(2,3)4)38-32(45)39-35(17-10-9-11-18-35)24-14-12-19-48(24,46)47/h21-26,28,46-47H,7-20H2,1-6H3,(H,36,43)(H,37,42)(H2,38,39,45)/t22-,23-,24+,25-,26-,28+/m0/s1. The second-order valence-electron chi connectivity index (χ2n) is 16.9. The molecule has 6 N–H and O–H groups in total. The number of unbranched alkanes of at least 4 members (excludes halogenated alkanes) is 1.